The van der Waals surface area contributed by atoms with Crippen molar-refractivity contribution in [2.24, 2.45) is 0 Å². The molecule has 154 valence electrons. The highest BCUT2D eigenvalue weighted by molar-refractivity contribution is 7.18. The van der Waals surface area contributed by atoms with Gasteiger partial charge < -0.3 is 15.4 Å². The van der Waals surface area contributed by atoms with Gasteiger partial charge in [0, 0.05) is 6.04 Å². The van der Waals surface area contributed by atoms with Gasteiger partial charge in [0.1, 0.15) is 5.00 Å². The Balaban J connectivity index is 1.88. The molecule has 1 aliphatic carbocycles. The molecule has 0 unspecified atom stereocenters. The lowest BCUT2D eigenvalue weighted by Gasteiger charge is -2.22. The first-order chi connectivity index (χ1) is 13.9. The monoisotopic (exact) mass is 434 g/mol. The molecule has 6 nitrogen and oxygen atoms in total. The molecule has 1 heterocycles. The Morgan fingerprint density at radius 1 is 1.10 bits per heavy atom. The third-order valence-electron chi connectivity index (χ3n) is 5.03. The molecule has 0 aliphatic heterocycles. The predicted octanol–water partition coefficient (Wildman–Crippen LogP) is 4.81. The van der Waals surface area contributed by atoms with E-state index in [4.69, 9.17) is 16.3 Å². The number of ether oxygens (including phenoxy) is 1. The van der Waals surface area contributed by atoms with Crippen LogP contribution in [0.2, 0.25) is 5.02 Å². The van der Waals surface area contributed by atoms with Crippen LogP contribution in [-0.2, 0) is 4.74 Å². The highest BCUT2D eigenvalue weighted by Gasteiger charge is 2.28. The second-order valence-corrected chi connectivity index (χ2v) is 8.42. The molecule has 0 bridgehead atoms. The van der Waals surface area contributed by atoms with Gasteiger partial charge in [-0.15, -0.1) is 11.3 Å². The highest BCUT2D eigenvalue weighted by Crippen LogP contribution is 2.34. The standard InChI is InChI=1S/C21H23ClN2O4S/c1-12-16(21(27)28-2)20(24-18(25)14-10-6-7-11-15(14)22)29-17(12)19(26)23-13-8-4-3-5-9-13/h6-7,10-11,13H,3-5,8-9H2,1-2H3,(H,23,26)(H,24,25). The van der Waals surface area contributed by atoms with E-state index in [0.717, 1.165) is 37.0 Å². The van der Waals surface area contributed by atoms with Gasteiger partial charge in [0.05, 0.1) is 28.1 Å². The number of hydrogen-bond acceptors (Lipinski definition) is 5. The number of esters is 1. The molecular weight excluding hydrogens is 412 g/mol. The molecule has 29 heavy (non-hydrogen) atoms. The van der Waals surface area contributed by atoms with Crippen LogP contribution in [0.15, 0.2) is 24.3 Å². The Kier molecular flexibility index (Phi) is 6.92. The lowest BCUT2D eigenvalue weighted by Crippen LogP contribution is -2.36. The van der Waals surface area contributed by atoms with Crippen LogP contribution < -0.4 is 10.6 Å². The fraction of sp³-hybridized carbons (Fsp3) is 0.381. The van der Waals surface area contributed by atoms with E-state index >= 15 is 0 Å². The number of rotatable bonds is 5. The Labute approximate surface area is 178 Å². The molecule has 1 aliphatic rings. The molecule has 2 N–H and O–H groups in total. The van der Waals surface area contributed by atoms with E-state index in [9.17, 15) is 14.4 Å². The molecule has 0 radical (unpaired) electrons. The van der Waals surface area contributed by atoms with Crippen LogP contribution in [0.1, 0.15) is 68.1 Å². The summed E-state index contributed by atoms with van der Waals surface area (Å²) in [5, 5.41) is 6.34. The minimum absolute atomic E-state index is 0.139. The Morgan fingerprint density at radius 2 is 1.79 bits per heavy atom. The summed E-state index contributed by atoms with van der Waals surface area (Å²) in [4.78, 5) is 38.2. The van der Waals surface area contributed by atoms with E-state index in [-0.39, 0.29) is 28.1 Å². The molecule has 1 aromatic heterocycles. The summed E-state index contributed by atoms with van der Waals surface area (Å²) < 4.78 is 4.87. The molecular formula is C21H23ClN2O4S. The van der Waals surface area contributed by atoms with Crippen LogP contribution >= 0.6 is 22.9 Å². The molecule has 0 atom stereocenters. The number of halogens is 1. The fourth-order valence-corrected chi connectivity index (χ4v) is 4.79. The summed E-state index contributed by atoms with van der Waals surface area (Å²) in [5.74, 6) is -1.30. The largest absolute Gasteiger partial charge is 0.465 e. The van der Waals surface area contributed by atoms with Crippen LogP contribution in [0.3, 0.4) is 0 Å². The first-order valence-corrected chi connectivity index (χ1v) is 10.7. The Morgan fingerprint density at radius 3 is 2.45 bits per heavy atom. The SMILES string of the molecule is COC(=O)c1c(NC(=O)c2ccccc2Cl)sc(C(=O)NC2CCCCC2)c1C. The Hall–Kier alpha value is -2.38. The van der Waals surface area contributed by atoms with E-state index in [0.29, 0.717) is 15.5 Å². The summed E-state index contributed by atoms with van der Waals surface area (Å²) in [6, 6.07) is 6.76. The highest BCUT2D eigenvalue weighted by atomic mass is 35.5. The number of anilines is 1. The first kappa shape index (κ1) is 21.3. The second-order valence-electron chi connectivity index (χ2n) is 6.99. The average Bonchev–Trinajstić information content (AvgIpc) is 3.04. The molecule has 8 heteroatoms. The van der Waals surface area contributed by atoms with E-state index in [1.807, 2.05) is 0 Å². The molecule has 2 amide bonds. The molecule has 3 rings (SSSR count). The third-order valence-corrected chi connectivity index (χ3v) is 6.56. The number of carbonyl (C=O) groups excluding carboxylic acids is 3. The maximum absolute atomic E-state index is 12.8. The van der Waals surface area contributed by atoms with Crippen molar-refractivity contribution in [2.75, 3.05) is 12.4 Å². The molecule has 2 aromatic rings. The zero-order valence-corrected chi connectivity index (χ0v) is 17.9. The van der Waals surface area contributed by atoms with Gasteiger partial charge in [-0.1, -0.05) is 43.0 Å². The van der Waals surface area contributed by atoms with Crippen molar-refractivity contribution in [2.45, 2.75) is 45.1 Å². The van der Waals surface area contributed by atoms with Crippen molar-refractivity contribution in [1.82, 2.24) is 5.32 Å². The van der Waals surface area contributed by atoms with Crippen molar-refractivity contribution in [3.8, 4) is 0 Å². The molecule has 1 saturated carbocycles. The number of benzene rings is 1. The minimum Gasteiger partial charge on any atom is -0.465 e. The lowest BCUT2D eigenvalue weighted by atomic mass is 9.95. The number of amides is 2. The number of hydrogen-bond donors (Lipinski definition) is 2. The second kappa shape index (κ2) is 9.41. The normalized spacial score (nSPS) is 14.3. The van der Waals surface area contributed by atoms with Crippen molar-refractivity contribution < 1.29 is 19.1 Å². The van der Waals surface area contributed by atoms with Crippen LogP contribution in [0, 0.1) is 6.92 Å². The van der Waals surface area contributed by atoms with Gasteiger partial charge in [-0.3, -0.25) is 9.59 Å². The maximum atomic E-state index is 12.8. The number of methoxy groups -OCH3 is 1. The van der Waals surface area contributed by atoms with Crippen LogP contribution in [0.5, 0.6) is 0 Å². The summed E-state index contributed by atoms with van der Waals surface area (Å²) in [7, 11) is 1.26. The van der Waals surface area contributed by atoms with E-state index in [2.05, 4.69) is 10.6 Å². The average molecular weight is 435 g/mol. The maximum Gasteiger partial charge on any atom is 0.341 e. The molecule has 0 spiro atoms. The predicted molar refractivity (Wildman–Crippen MR) is 114 cm³/mol. The zero-order valence-electron chi connectivity index (χ0n) is 16.3. The van der Waals surface area contributed by atoms with Gasteiger partial charge in [-0.25, -0.2) is 4.79 Å². The van der Waals surface area contributed by atoms with Crippen molar-refractivity contribution >= 4 is 45.7 Å². The van der Waals surface area contributed by atoms with Gasteiger partial charge in [0.15, 0.2) is 0 Å². The fourth-order valence-electron chi connectivity index (χ4n) is 3.48. The first-order valence-electron chi connectivity index (χ1n) is 9.50. The van der Waals surface area contributed by atoms with Crippen LogP contribution in [0.25, 0.3) is 0 Å². The minimum atomic E-state index is -0.607. The van der Waals surface area contributed by atoms with E-state index in [1.165, 1.54) is 13.5 Å². The van der Waals surface area contributed by atoms with Gasteiger partial charge in [0.2, 0.25) is 0 Å². The van der Waals surface area contributed by atoms with Gasteiger partial charge in [0.25, 0.3) is 11.8 Å². The molecule has 0 saturated heterocycles. The zero-order chi connectivity index (χ0) is 21.0. The summed E-state index contributed by atoms with van der Waals surface area (Å²) in [5.41, 5.74) is 0.959. The van der Waals surface area contributed by atoms with Crippen LogP contribution in [0.4, 0.5) is 5.00 Å². The van der Waals surface area contributed by atoms with Gasteiger partial charge in [-0.2, -0.15) is 0 Å². The van der Waals surface area contributed by atoms with E-state index in [1.54, 1.807) is 31.2 Å². The number of nitrogens with one attached hydrogen (secondary N) is 2. The van der Waals surface area contributed by atoms with Crippen molar-refractivity contribution in [3.63, 3.8) is 0 Å². The molecule has 1 fully saturated rings. The van der Waals surface area contributed by atoms with E-state index < -0.39 is 11.9 Å². The van der Waals surface area contributed by atoms with Crippen molar-refractivity contribution in [1.29, 1.82) is 0 Å². The third kappa shape index (κ3) is 4.79. The van der Waals surface area contributed by atoms with Gasteiger partial charge in [-0.05, 0) is 37.5 Å². The van der Waals surface area contributed by atoms with Gasteiger partial charge >= 0.3 is 5.97 Å². The summed E-state index contributed by atoms with van der Waals surface area (Å²) >= 11 is 7.16. The summed E-state index contributed by atoms with van der Waals surface area (Å²) in [6.07, 6.45) is 5.29. The van der Waals surface area contributed by atoms with Crippen molar-refractivity contribution in [3.05, 3.63) is 50.9 Å². The summed E-state index contributed by atoms with van der Waals surface area (Å²) in [6.45, 7) is 1.68. The van der Waals surface area contributed by atoms with Crippen LogP contribution in [-0.4, -0.2) is 30.9 Å². The smallest absolute Gasteiger partial charge is 0.341 e. The quantitative estimate of drug-likeness (QED) is 0.661. The molecule has 1 aromatic carbocycles. The Bertz CT molecular complexity index is 935. The number of thiophene rings is 1. The lowest BCUT2D eigenvalue weighted by molar-refractivity contribution is 0.0601. The topological polar surface area (TPSA) is 84.5 Å². The number of carbonyl (C=O) groups is 3.